The number of fused-ring (bicyclic) bond motifs is 1. The van der Waals surface area contributed by atoms with Crippen molar-refractivity contribution in [3.63, 3.8) is 0 Å². The third-order valence-corrected chi connectivity index (χ3v) is 4.91. The minimum absolute atomic E-state index is 0.249. The summed E-state index contributed by atoms with van der Waals surface area (Å²) in [6, 6.07) is 28.5. The predicted molar refractivity (Wildman–Crippen MR) is 109 cm³/mol. The highest BCUT2D eigenvalue weighted by atomic mass is 16.5. The van der Waals surface area contributed by atoms with E-state index < -0.39 is 11.8 Å². The van der Waals surface area contributed by atoms with E-state index in [4.69, 9.17) is 5.21 Å². The molecule has 4 aromatic carbocycles. The van der Waals surface area contributed by atoms with E-state index in [2.05, 4.69) is 6.07 Å². The van der Waals surface area contributed by atoms with Crippen molar-refractivity contribution in [3.8, 4) is 16.9 Å². The van der Waals surface area contributed by atoms with Crippen molar-refractivity contribution in [1.82, 2.24) is 5.48 Å². The second kappa shape index (κ2) is 7.55. The van der Waals surface area contributed by atoms with Gasteiger partial charge >= 0.3 is 0 Å². The summed E-state index contributed by atoms with van der Waals surface area (Å²) in [5, 5.41) is 20.8. The van der Waals surface area contributed by atoms with Crippen LogP contribution < -0.4 is 5.48 Å². The van der Waals surface area contributed by atoms with Crippen LogP contribution in [0.5, 0.6) is 5.75 Å². The molecule has 0 radical (unpaired) electrons. The topological polar surface area (TPSA) is 69.6 Å². The number of aromatic hydroxyl groups is 1. The molecule has 4 rings (SSSR count). The Labute approximate surface area is 162 Å². The lowest BCUT2D eigenvalue weighted by molar-refractivity contribution is -0.129. The van der Waals surface area contributed by atoms with Gasteiger partial charge in [0, 0.05) is 0 Å². The van der Waals surface area contributed by atoms with Gasteiger partial charge in [0.05, 0.1) is 5.92 Å². The highest BCUT2D eigenvalue weighted by molar-refractivity contribution is 5.89. The van der Waals surface area contributed by atoms with Gasteiger partial charge < -0.3 is 5.11 Å². The highest BCUT2D eigenvalue weighted by Gasteiger charge is 2.22. The fraction of sp³-hybridized carbons (Fsp3) is 0.0417. The maximum absolute atomic E-state index is 12.3. The maximum Gasteiger partial charge on any atom is 0.255 e. The Morgan fingerprint density at radius 2 is 1.32 bits per heavy atom. The van der Waals surface area contributed by atoms with Gasteiger partial charge in [-0.15, -0.1) is 0 Å². The maximum atomic E-state index is 12.3. The summed E-state index contributed by atoms with van der Waals surface area (Å²) >= 11 is 0. The van der Waals surface area contributed by atoms with Crippen molar-refractivity contribution in [2.75, 3.05) is 0 Å². The molecule has 0 aliphatic carbocycles. The number of carbonyl (C=O) groups is 1. The Kier molecular flexibility index (Phi) is 4.79. The van der Waals surface area contributed by atoms with Gasteiger partial charge in [-0.3, -0.25) is 10.0 Å². The van der Waals surface area contributed by atoms with Crippen LogP contribution >= 0.6 is 0 Å². The molecule has 0 aliphatic rings. The lowest BCUT2D eigenvalue weighted by Crippen LogP contribution is -2.27. The lowest BCUT2D eigenvalue weighted by Gasteiger charge is -2.16. The molecule has 1 unspecified atom stereocenters. The number of hydroxylamine groups is 1. The van der Waals surface area contributed by atoms with E-state index in [0.29, 0.717) is 0 Å². The van der Waals surface area contributed by atoms with Crippen LogP contribution in [0.1, 0.15) is 17.0 Å². The van der Waals surface area contributed by atoms with Crippen molar-refractivity contribution in [1.29, 1.82) is 0 Å². The molecule has 138 valence electrons. The fourth-order valence-corrected chi connectivity index (χ4v) is 3.49. The van der Waals surface area contributed by atoms with Gasteiger partial charge in [0.15, 0.2) is 0 Å². The molecule has 0 saturated carbocycles. The first kappa shape index (κ1) is 17.8. The van der Waals surface area contributed by atoms with Gasteiger partial charge in [-0.2, -0.15) is 0 Å². The number of phenols is 1. The monoisotopic (exact) mass is 369 g/mol. The van der Waals surface area contributed by atoms with Gasteiger partial charge in [-0.05, 0) is 51.2 Å². The zero-order chi connectivity index (χ0) is 19.5. The highest BCUT2D eigenvalue weighted by Crippen LogP contribution is 2.30. The Bertz CT molecular complexity index is 1120. The molecule has 28 heavy (non-hydrogen) atoms. The number of hydrogen-bond acceptors (Lipinski definition) is 3. The fourth-order valence-electron chi connectivity index (χ4n) is 3.49. The Balaban J connectivity index is 1.69. The van der Waals surface area contributed by atoms with Crippen LogP contribution in [0, 0.1) is 0 Å². The van der Waals surface area contributed by atoms with E-state index in [1.165, 1.54) is 0 Å². The van der Waals surface area contributed by atoms with E-state index in [9.17, 15) is 9.90 Å². The van der Waals surface area contributed by atoms with Crippen LogP contribution in [-0.2, 0) is 4.79 Å². The molecule has 4 nitrogen and oxygen atoms in total. The van der Waals surface area contributed by atoms with E-state index >= 15 is 0 Å². The van der Waals surface area contributed by atoms with Crippen LogP contribution in [0.2, 0.25) is 0 Å². The zero-order valence-electron chi connectivity index (χ0n) is 15.0. The Hall–Kier alpha value is -3.63. The van der Waals surface area contributed by atoms with Crippen molar-refractivity contribution >= 4 is 16.7 Å². The van der Waals surface area contributed by atoms with Crippen molar-refractivity contribution < 1.29 is 15.1 Å². The second-order valence-electron chi connectivity index (χ2n) is 6.69. The molecular weight excluding hydrogens is 350 g/mol. The minimum atomic E-state index is -0.583. The number of benzene rings is 4. The van der Waals surface area contributed by atoms with Crippen molar-refractivity contribution in [2.24, 2.45) is 0 Å². The largest absolute Gasteiger partial charge is 0.508 e. The molecule has 1 amide bonds. The van der Waals surface area contributed by atoms with Crippen molar-refractivity contribution in [2.45, 2.75) is 5.92 Å². The third-order valence-electron chi connectivity index (χ3n) is 4.91. The first-order chi connectivity index (χ1) is 13.7. The number of phenolic OH excluding ortho intramolecular Hbond substituents is 1. The van der Waals surface area contributed by atoms with Crippen LogP contribution in [0.25, 0.3) is 21.9 Å². The summed E-state index contributed by atoms with van der Waals surface area (Å²) in [4.78, 5) is 12.3. The minimum Gasteiger partial charge on any atom is -0.508 e. The van der Waals surface area contributed by atoms with E-state index in [-0.39, 0.29) is 5.75 Å². The van der Waals surface area contributed by atoms with Crippen LogP contribution in [0.15, 0.2) is 91.0 Å². The third kappa shape index (κ3) is 3.46. The molecule has 0 heterocycles. The molecule has 3 N–H and O–H groups in total. The van der Waals surface area contributed by atoms with E-state index in [0.717, 1.165) is 33.0 Å². The van der Waals surface area contributed by atoms with Gasteiger partial charge in [-0.25, -0.2) is 5.48 Å². The number of carbonyl (C=O) groups excluding carboxylic acids is 1. The Morgan fingerprint density at radius 3 is 2.04 bits per heavy atom. The number of hydrogen-bond donors (Lipinski definition) is 3. The standard InChI is InChI=1S/C24H19NO3/c26-22-13-12-20-14-19(10-11-21(20)15-22)16-6-8-18(9-7-16)23(24(27)25-28)17-4-2-1-3-5-17/h1-15,23,26,28H,(H,25,27). The average Bonchev–Trinajstić information content (AvgIpc) is 2.74. The summed E-state index contributed by atoms with van der Waals surface area (Å²) in [5.41, 5.74) is 5.46. The van der Waals surface area contributed by atoms with Gasteiger partial charge in [-0.1, -0.05) is 72.8 Å². The average molecular weight is 369 g/mol. The molecular formula is C24H19NO3. The summed E-state index contributed by atoms with van der Waals surface area (Å²) < 4.78 is 0. The number of rotatable bonds is 4. The summed E-state index contributed by atoms with van der Waals surface area (Å²) in [5.74, 6) is -0.803. The SMILES string of the molecule is O=C(NO)C(c1ccccc1)c1ccc(-c2ccc3cc(O)ccc3c2)cc1. The molecule has 4 heteroatoms. The summed E-state index contributed by atoms with van der Waals surface area (Å²) in [6.45, 7) is 0. The molecule has 0 saturated heterocycles. The smallest absolute Gasteiger partial charge is 0.255 e. The quantitative estimate of drug-likeness (QED) is 0.356. The van der Waals surface area contributed by atoms with Crippen LogP contribution in [0.3, 0.4) is 0 Å². The van der Waals surface area contributed by atoms with Gasteiger partial charge in [0.1, 0.15) is 5.75 Å². The molecule has 0 bridgehead atoms. The molecule has 0 aromatic heterocycles. The molecule has 0 spiro atoms. The lowest BCUT2D eigenvalue weighted by atomic mass is 9.89. The summed E-state index contributed by atoms with van der Waals surface area (Å²) in [7, 11) is 0. The summed E-state index contributed by atoms with van der Waals surface area (Å²) in [6.07, 6.45) is 0. The van der Waals surface area contributed by atoms with E-state index in [1.807, 2.05) is 72.8 Å². The van der Waals surface area contributed by atoms with Gasteiger partial charge in [0.25, 0.3) is 5.91 Å². The first-order valence-electron chi connectivity index (χ1n) is 8.98. The molecule has 0 aliphatic heterocycles. The van der Waals surface area contributed by atoms with E-state index in [1.54, 1.807) is 17.6 Å². The number of amides is 1. The first-order valence-corrected chi connectivity index (χ1v) is 8.98. The van der Waals surface area contributed by atoms with Crippen molar-refractivity contribution in [3.05, 3.63) is 102 Å². The normalized spacial score (nSPS) is 11.9. The Morgan fingerprint density at radius 1 is 0.714 bits per heavy atom. The zero-order valence-corrected chi connectivity index (χ0v) is 15.0. The molecule has 0 fully saturated rings. The molecule has 1 atom stereocenters. The molecule has 4 aromatic rings. The number of nitrogens with one attached hydrogen (secondary N) is 1. The van der Waals surface area contributed by atoms with Crippen LogP contribution in [-0.4, -0.2) is 16.2 Å². The van der Waals surface area contributed by atoms with Crippen LogP contribution in [0.4, 0.5) is 0 Å². The second-order valence-corrected chi connectivity index (χ2v) is 6.69. The predicted octanol–water partition coefficient (Wildman–Crippen LogP) is 4.85. The van der Waals surface area contributed by atoms with Gasteiger partial charge in [0.2, 0.25) is 0 Å².